The first-order valence-corrected chi connectivity index (χ1v) is 14.4. The number of fused-ring (bicyclic) bond motifs is 3. The molecule has 0 N–H and O–H groups in total. The first-order valence-electron chi connectivity index (χ1n) is 10.6. The van der Waals surface area contributed by atoms with E-state index in [0.717, 1.165) is 11.1 Å². The number of hydrogen-bond acceptors (Lipinski definition) is 5. The highest BCUT2D eigenvalue weighted by atomic mass is 32.2. The van der Waals surface area contributed by atoms with Crippen molar-refractivity contribution in [1.29, 1.82) is 0 Å². The summed E-state index contributed by atoms with van der Waals surface area (Å²) in [6.45, 7) is 16.3. The number of benzene rings is 2. The summed E-state index contributed by atoms with van der Waals surface area (Å²) in [5.41, 5.74) is 0.779. The number of sulfone groups is 1. The van der Waals surface area contributed by atoms with Gasteiger partial charge in [0, 0.05) is 5.56 Å². The lowest BCUT2D eigenvalue weighted by molar-refractivity contribution is 0.0241. The molecule has 1 fully saturated rings. The van der Waals surface area contributed by atoms with Gasteiger partial charge in [0.25, 0.3) is 9.04 Å². The van der Waals surface area contributed by atoms with E-state index >= 15 is 0 Å². The third kappa shape index (κ3) is 3.60. The number of rotatable bonds is 4. The van der Waals surface area contributed by atoms with Crippen LogP contribution in [-0.2, 0) is 20.0 Å². The molecule has 2 aromatic carbocycles. The third-order valence-electron chi connectivity index (χ3n) is 6.35. The minimum atomic E-state index is -3.78. The van der Waals surface area contributed by atoms with E-state index in [1.54, 1.807) is 24.3 Å². The predicted molar refractivity (Wildman–Crippen MR) is 122 cm³/mol. The molecule has 1 saturated heterocycles. The van der Waals surface area contributed by atoms with Gasteiger partial charge in [-0.3, -0.25) is 0 Å². The van der Waals surface area contributed by atoms with E-state index in [0.29, 0.717) is 11.5 Å². The summed E-state index contributed by atoms with van der Waals surface area (Å²) < 4.78 is 45.5. The average molecular weight is 460 g/mol. The zero-order valence-electron chi connectivity index (χ0n) is 19.5. The molecule has 0 bridgehead atoms. The van der Waals surface area contributed by atoms with Crippen LogP contribution in [0, 0.1) is 0 Å². The van der Waals surface area contributed by atoms with Gasteiger partial charge in [-0.25, -0.2) is 8.42 Å². The second kappa shape index (κ2) is 6.83. The van der Waals surface area contributed by atoms with Crippen LogP contribution in [0.1, 0.15) is 58.8 Å². The summed E-state index contributed by atoms with van der Waals surface area (Å²) in [5, 5.41) is 0. The zero-order chi connectivity index (χ0) is 23.0. The Hall–Kier alpha value is -1.83. The smallest absolute Gasteiger partial charge is 0.274 e. The summed E-state index contributed by atoms with van der Waals surface area (Å²) >= 11 is 0. The van der Waals surface area contributed by atoms with Crippen molar-refractivity contribution < 1.29 is 22.3 Å². The second-order valence-electron chi connectivity index (χ2n) is 10.3. The Balaban J connectivity index is 1.80. The van der Waals surface area contributed by atoms with E-state index < -0.39 is 30.1 Å². The van der Waals surface area contributed by atoms with Crippen LogP contribution < -0.4 is 9.16 Å². The zero-order valence-corrected chi connectivity index (χ0v) is 21.3. The van der Waals surface area contributed by atoms with Crippen LogP contribution in [-0.4, -0.2) is 28.7 Å². The molecule has 0 amide bonds. The molecule has 0 unspecified atom stereocenters. The molecule has 167 valence electrons. The first kappa shape index (κ1) is 22.4. The topological polar surface area (TPSA) is 65.1 Å². The van der Waals surface area contributed by atoms with Crippen LogP contribution in [0.2, 0.25) is 13.1 Å². The summed E-state index contributed by atoms with van der Waals surface area (Å²) in [7, 11) is -4.94. The van der Waals surface area contributed by atoms with Gasteiger partial charge in [-0.15, -0.1) is 0 Å². The normalized spacial score (nSPS) is 24.2. The van der Waals surface area contributed by atoms with Crippen molar-refractivity contribution in [3.05, 3.63) is 47.5 Å². The van der Waals surface area contributed by atoms with Gasteiger partial charge in [0.15, 0.2) is 0 Å². The van der Waals surface area contributed by atoms with Crippen molar-refractivity contribution in [1.82, 2.24) is 0 Å². The van der Waals surface area contributed by atoms with Crippen molar-refractivity contribution in [3.8, 4) is 11.5 Å². The van der Waals surface area contributed by atoms with Crippen molar-refractivity contribution in [2.75, 3.05) is 0 Å². The maximum Gasteiger partial charge on any atom is 0.274 e. The monoisotopic (exact) mass is 459 g/mol. The molecule has 2 atom stereocenters. The molecule has 1 radical (unpaired) electrons. The van der Waals surface area contributed by atoms with Gasteiger partial charge in [-0.2, -0.15) is 0 Å². The summed E-state index contributed by atoms with van der Waals surface area (Å²) in [5.74, 6) is 1.10. The van der Waals surface area contributed by atoms with Crippen LogP contribution in [0.15, 0.2) is 46.2 Å². The maximum absolute atomic E-state index is 13.7. The van der Waals surface area contributed by atoms with E-state index in [-0.39, 0.29) is 21.3 Å². The molecule has 7 heteroatoms. The Kier molecular flexibility index (Phi) is 4.93. The van der Waals surface area contributed by atoms with Gasteiger partial charge in [-0.05, 0) is 75.2 Å². The molecule has 0 spiro atoms. The highest BCUT2D eigenvalue weighted by Gasteiger charge is 2.67. The number of epoxide rings is 1. The molecular weight excluding hydrogens is 428 g/mol. The van der Waals surface area contributed by atoms with Crippen LogP contribution in [0.3, 0.4) is 0 Å². The number of hydrogen-bond donors (Lipinski definition) is 0. The lowest BCUT2D eigenvalue weighted by Gasteiger charge is -2.35. The molecule has 0 saturated carbocycles. The van der Waals surface area contributed by atoms with E-state index in [9.17, 15) is 8.42 Å². The van der Waals surface area contributed by atoms with Gasteiger partial charge in [-0.1, -0.05) is 26.8 Å². The average Bonchev–Trinajstić information content (AvgIpc) is 3.34. The van der Waals surface area contributed by atoms with Crippen LogP contribution in [0.25, 0.3) is 0 Å². The Labute approximate surface area is 187 Å². The molecule has 0 aliphatic carbocycles. The summed E-state index contributed by atoms with van der Waals surface area (Å²) in [4.78, 5) is 0.421. The molecule has 4 rings (SSSR count). The Bertz CT molecular complexity index is 1150. The maximum atomic E-state index is 13.7. The van der Waals surface area contributed by atoms with Gasteiger partial charge in [0.05, 0.1) is 4.90 Å². The summed E-state index contributed by atoms with van der Waals surface area (Å²) in [6.07, 6.45) is -0.165. The van der Waals surface area contributed by atoms with Gasteiger partial charge < -0.3 is 13.9 Å². The molecule has 0 aromatic heterocycles. The van der Waals surface area contributed by atoms with Crippen LogP contribution >= 0.6 is 0 Å². The third-order valence-corrected chi connectivity index (χ3v) is 8.77. The first-order chi connectivity index (χ1) is 14.2. The van der Waals surface area contributed by atoms with Crippen LogP contribution in [0.4, 0.5) is 0 Å². The van der Waals surface area contributed by atoms with E-state index in [2.05, 4.69) is 20.8 Å². The largest absolute Gasteiger partial charge is 0.542 e. The Morgan fingerprint density at radius 2 is 1.71 bits per heavy atom. The van der Waals surface area contributed by atoms with Crippen molar-refractivity contribution in [3.63, 3.8) is 0 Å². The van der Waals surface area contributed by atoms with Gasteiger partial charge in [0.1, 0.15) is 33.7 Å². The predicted octanol–water partition coefficient (Wildman–Crippen LogP) is 5.45. The van der Waals surface area contributed by atoms with E-state index in [1.165, 1.54) is 0 Å². The fourth-order valence-electron chi connectivity index (χ4n) is 4.02. The molecule has 2 aromatic rings. The van der Waals surface area contributed by atoms with E-state index in [1.807, 2.05) is 46.0 Å². The van der Waals surface area contributed by atoms with Crippen molar-refractivity contribution in [2.24, 2.45) is 0 Å². The van der Waals surface area contributed by atoms with Gasteiger partial charge in [0.2, 0.25) is 9.84 Å². The SMILES string of the molecule is C[Si](C)Oc1cc(C(C)(C)C)ccc1S(=O)(=O)c1ccc2c(c1)[C@@H]1O[C@]1(C)C(C)(C)O2. The fourth-order valence-corrected chi connectivity index (χ4v) is 6.10. The quantitative estimate of drug-likeness (QED) is 0.449. The van der Waals surface area contributed by atoms with Gasteiger partial charge >= 0.3 is 0 Å². The van der Waals surface area contributed by atoms with Crippen molar-refractivity contribution in [2.45, 2.75) is 87.1 Å². The standard InChI is InChI=1S/C24H31O5SSi/c1-22(2,3)15-9-12-20(19(13-15)29-31(7)8)30(25,26)16-10-11-18-17(14-16)21-24(6,28-21)23(4,5)27-18/h9-14,21H,1-8H3/t21-,24-/m0/s1. The molecule has 2 aliphatic heterocycles. The highest BCUT2D eigenvalue weighted by Crippen LogP contribution is 2.62. The molecular formula is C24H31O5SSi. The second-order valence-corrected chi connectivity index (χ2v) is 14.3. The Morgan fingerprint density at radius 3 is 2.32 bits per heavy atom. The van der Waals surface area contributed by atoms with Crippen molar-refractivity contribution >= 4 is 18.9 Å². The van der Waals surface area contributed by atoms with E-state index in [4.69, 9.17) is 13.9 Å². The van der Waals surface area contributed by atoms with Crippen LogP contribution in [0.5, 0.6) is 11.5 Å². The lowest BCUT2D eigenvalue weighted by Crippen LogP contribution is -2.45. The minimum Gasteiger partial charge on any atom is -0.542 e. The molecule has 2 heterocycles. The highest BCUT2D eigenvalue weighted by molar-refractivity contribution is 7.91. The molecule has 2 aliphatic rings. The number of ether oxygens (including phenoxy) is 2. The fraction of sp³-hybridized carbons (Fsp3) is 0.500. The lowest BCUT2D eigenvalue weighted by atomic mass is 9.84. The molecule has 31 heavy (non-hydrogen) atoms. The summed E-state index contributed by atoms with van der Waals surface area (Å²) in [6, 6.07) is 10.5. The molecule has 5 nitrogen and oxygen atoms in total. The minimum absolute atomic E-state index is 0.113. The Morgan fingerprint density at radius 1 is 1.03 bits per heavy atom.